The van der Waals surface area contributed by atoms with Gasteiger partial charge in [-0.15, -0.1) is 0 Å². The van der Waals surface area contributed by atoms with Crippen molar-refractivity contribution in [3.63, 3.8) is 0 Å². The molecular weight excluding hydrogens is 128 g/mol. The summed E-state index contributed by atoms with van der Waals surface area (Å²) in [7, 11) is 0. The van der Waals surface area contributed by atoms with Crippen molar-refractivity contribution in [3.05, 3.63) is 0 Å². The molecule has 1 atom stereocenters. The van der Waals surface area contributed by atoms with Crippen LogP contribution in [0.1, 0.15) is 13.3 Å². The Morgan fingerprint density at radius 3 is 2.40 bits per heavy atom. The Morgan fingerprint density at radius 2 is 2.00 bits per heavy atom. The van der Waals surface area contributed by atoms with E-state index in [1.807, 2.05) is 6.92 Å². The maximum atomic E-state index is 5.50. The van der Waals surface area contributed by atoms with E-state index in [2.05, 4.69) is 5.32 Å². The normalized spacial score (nSPS) is 12.3. The molecule has 10 heavy (non-hydrogen) atoms. The average molecular weight is 148 g/mol. The van der Waals surface area contributed by atoms with Gasteiger partial charge in [0.25, 0.3) is 0 Å². The predicted molar refractivity (Wildman–Crippen MR) is 45.2 cm³/mol. The smallest absolute Gasteiger partial charge is 0.00745 e. The Hall–Kier alpha value is -0.160. The van der Waals surface area contributed by atoms with Crippen LogP contribution in [0.4, 0.5) is 0 Å². The summed E-state index contributed by atoms with van der Waals surface area (Å²) in [6.45, 7) is 4.59. The zero-order valence-corrected chi connectivity index (χ0v) is 6.77. The lowest BCUT2D eigenvalue weighted by Crippen LogP contribution is -2.27. The van der Waals surface area contributed by atoms with Crippen molar-refractivity contribution in [2.75, 3.05) is 19.6 Å². The molecule has 0 spiro atoms. The quantitative estimate of drug-likeness (QED) is 0.392. The van der Waals surface area contributed by atoms with Gasteiger partial charge in [-0.05, 0) is 19.9 Å². The molecule has 0 heterocycles. The standard InChI is InChI=1S/C6H17N3.H3N/c1-6(8)2-4-9-5-3-7;/h6,9H,2-5,7-8H2,1H3;1H3. The van der Waals surface area contributed by atoms with Gasteiger partial charge in [-0.1, -0.05) is 0 Å². The first-order chi connectivity index (χ1) is 4.27. The molecule has 0 saturated heterocycles. The van der Waals surface area contributed by atoms with E-state index >= 15 is 0 Å². The van der Waals surface area contributed by atoms with Crippen LogP contribution in [0.3, 0.4) is 0 Å². The number of hydrogen-bond acceptors (Lipinski definition) is 4. The predicted octanol–water partition coefficient (Wildman–Crippen LogP) is -0.566. The van der Waals surface area contributed by atoms with Crippen LogP contribution in [0.2, 0.25) is 0 Å². The van der Waals surface area contributed by atoms with Crippen LogP contribution in [-0.4, -0.2) is 25.7 Å². The van der Waals surface area contributed by atoms with Crippen molar-refractivity contribution in [3.8, 4) is 0 Å². The van der Waals surface area contributed by atoms with Crippen molar-refractivity contribution >= 4 is 0 Å². The van der Waals surface area contributed by atoms with Gasteiger partial charge in [0.15, 0.2) is 0 Å². The summed E-state index contributed by atoms with van der Waals surface area (Å²) in [5.41, 5.74) is 10.8. The number of nitrogens with one attached hydrogen (secondary N) is 1. The molecule has 0 bridgehead atoms. The maximum absolute atomic E-state index is 5.50. The Balaban J connectivity index is 0. The minimum absolute atomic E-state index is 0. The molecule has 0 aliphatic heterocycles. The second-order valence-corrected chi connectivity index (χ2v) is 2.30. The summed E-state index contributed by atoms with van der Waals surface area (Å²) >= 11 is 0. The van der Waals surface area contributed by atoms with E-state index in [1.54, 1.807) is 0 Å². The molecule has 0 aromatic rings. The fourth-order valence-electron chi connectivity index (χ4n) is 0.557. The fraction of sp³-hybridized carbons (Fsp3) is 1.00. The number of rotatable bonds is 5. The van der Waals surface area contributed by atoms with Crippen LogP contribution < -0.4 is 22.9 Å². The second-order valence-electron chi connectivity index (χ2n) is 2.30. The first-order valence-electron chi connectivity index (χ1n) is 3.43. The third kappa shape index (κ3) is 10.8. The molecular formula is C6H20N4. The molecule has 0 amide bonds. The van der Waals surface area contributed by atoms with Crippen LogP contribution in [0.15, 0.2) is 0 Å². The van der Waals surface area contributed by atoms with Gasteiger partial charge in [0.1, 0.15) is 0 Å². The summed E-state index contributed by atoms with van der Waals surface area (Å²) in [4.78, 5) is 0. The molecule has 0 fully saturated rings. The molecule has 0 rings (SSSR count). The van der Waals surface area contributed by atoms with Crippen LogP contribution in [0.5, 0.6) is 0 Å². The summed E-state index contributed by atoms with van der Waals surface area (Å²) in [5.74, 6) is 0. The van der Waals surface area contributed by atoms with E-state index in [-0.39, 0.29) is 6.15 Å². The summed E-state index contributed by atoms with van der Waals surface area (Å²) in [5, 5.41) is 3.16. The van der Waals surface area contributed by atoms with E-state index in [0.29, 0.717) is 12.6 Å². The molecule has 64 valence electrons. The van der Waals surface area contributed by atoms with Gasteiger partial charge < -0.3 is 22.9 Å². The minimum Gasteiger partial charge on any atom is -0.344 e. The molecule has 1 unspecified atom stereocenters. The van der Waals surface area contributed by atoms with Gasteiger partial charge in [0, 0.05) is 19.1 Å². The van der Waals surface area contributed by atoms with Crippen LogP contribution in [-0.2, 0) is 0 Å². The van der Waals surface area contributed by atoms with Crippen molar-refractivity contribution in [1.29, 1.82) is 0 Å². The second kappa shape index (κ2) is 8.84. The first kappa shape index (κ1) is 12.5. The molecule has 0 aliphatic carbocycles. The molecule has 8 N–H and O–H groups in total. The highest BCUT2D eigenvalue weighted by atomic mass is 14.9. The third-order valence-electron chi connectivity index (χ3n) is 1.10. The molecule has 0 saturated carbocycles. The van der Waals surface area contributed by atoms with Gasteiger partial charge in [-0.3, -0.25) is 0 Å². The van der Waals surface area contributed by atoms with E-state index < -0.39 is 0 Å². The van der Waals surface area contributed by atoms with Crippen molar-refractivity contribution in [2.24, 2.45) is 11.5 Å². The largest absolute Gasteiger partial charge is 0.344 e. The molecule has 4 nitrogen and oxygen atoms in total. The van der Waals surface area contributed by atoms with E-state index in [9.17, 15) is 0 Å². The molecule has 0 aromatic carbocycles. The lowest BCUT2D eigenvalue weighted by Gasteiger charge is -2.04. The van der Waals surface area contributed by atoms with E-state index in [0.717, 1.165) is 19.5 Å². The van der Waals surface area contributed by atoms with Gasteiger partial charge in [-0.25, -0.2) is 0 Å². The highest BCUT2D eigenvalue weighted by Crippen LogP contribution is 1.80. The van der Waals surface area contributed by atoms with Gasteiger partial charge >= 0.3 is 0 Å². The minimum atomic E-state index is 0. The van der Waals surface area contributed by atoms with Crippen molar-refractivity contribution in [1.82, 2.24) is 11.5 Å². The van der Waals surface area contributed by atoms with Crippen LogP contribution >= 0.6 is 0 Å². The lowest BCUT2D eigenvalue weighted by atomic mass is 10.2. The zero-order chi connectivity index (χ0) is 7.11. The topological polar surface area (TPSA) is 99.1 Å². The molecule has 4 heteroatoms. The Bertz CT molecular complexity index is 55.7. The summed E-state index contributed by atoms with van der Waals surface area (Å²) in [6, 6.07) is 0.301. The third-order valence-corrected chi connectivity index (χ3v) is 1.10. The lowest BCUT2D eigenvalue weighted by molar-refractivity contribution is 0.593. The SMILES string of the molecule is CC(N)CCNCCN.N. The summed E-state index contributed by atoms with van der Waals surface area (Å²) < 4.78 is 0. The fourth-order valence-corrected chi connectivity index (χ4v) is 0.557. The van der Waals surface area contributed by atoms with Crippen molar-refractivity contribution in [2.45, 2.75) is 19.4 Å². The highest BCUT2D eigenvalue weighted by molar-refractivity contribution is 4.55. The van der Waals surface area contributed by atoms with E-state index in [4.69, 9.17) is 11.5 Å². The van der Waals surface area contributed by atoms with Gasteiger partial charge in [0.05, 0.1) is 0 Å². The molecule has 0 radical (unpaired) electrons. The number of hydrogen-bond donors (Lipinski definition) is 4. The zero-order valence-electron chi connectivity index (χ0n) is 6.77. The monoisotopic (exact) mass is 148 g/mol. The Kier molecular flexibility index (Phi) is 11.1. The van der Waals surface area contributed by atoms with Gasteiger partial charge in [0.2, 0.25) is 0 Å². The Labute approximate surface area is 62.9 Å². The van der Waals surface area contributed by atoms with Gasteiger partial charge in [-0.2, -0.15) is 0 Å². The van der Waals surface area contributed by atoms with Crippen LogP contribution in [0.25, 0.3) is 0 Å². The molecule has 0 aliphatic rings. The Morgan fingerprint density at radius 1 is 1.40 bits per heavy atom. The highest BCUT2D eigenvalue weighted by Gasteiger charge is 1.90. The van der Waals surface area contributed by atoms with E-state index in [1.165, 1.54) is 0 Å². The van der Waals surface area contributed by atoms with Crippen molar-refractivity contribution < 1.29 is 0 Å². The average Bonchev–Trinajstić information content (AvgIpc) is 1.80. The summed E-state index contributed by atoms with van der Waals surface area (Å²) in [6.07, 6.45) is 1.03. The first-order valence-corrected chi connectivity index (χ1v) is 3.43. The number of nitrogens with two attached hydrogens (primary N) is 2. The maximum Gasteiger partial charge on any atom is 0.00745 e. The van der Waals surface area contributed by atoms with Crippen LogP contribution in [0, 0.1) is 0 Å². The molecule has 0 aromatic heterocycles.